The number of nitrogens with one attached hydrogen (secondary N) is 1. The Labute approximate surface area is 82.6 Å². The predicted octanol–water partition coefficient (Wildman–Crippen LogP) is 2.15. The molecule has 2 rings (SSSR count). The zero-order valence-electron chi connectivity index (χ0n) is 7.84. The number of hydrogen-bond donors (Lipinski definition) is 2. The summed E-state index contributed by atoms with van der Waals surface area (Å²) in [4.78, 5) is 1.53. The maximum absolute atomic E-state index is 8.87. The van der Waals surface area contributed by atoms with Crippen molar-refractivity contribution in [1.82, 2.24) is 5.48 Å². The van der Waals surface area contributed by atoms with Crippen LogP contribution in [0.4, 0.5) is 0 Å². The van der Waals surface area contributed by atoms with Gasteiger partial charge in [0.2, 0.25) is 0 Å². The van der Waals surface area contributed by atoms with E-state index in [1.54, 1.807) is 0 Å². The van der Waals surface area contributed by atoms with Crippen molar-refractivity contribution in [2.75, 3.05) is 0 Å². The molecule has 2 nitrogen and oxygen atoms in total. The Bertz CT molecular complexity index is 282. The number of hydroxylamine groups is 1. The standard InChI is InChI=1S/C10H15NOS/c1-2-7-6-13-10-4-3-8(11-12)5-9(7)10/h6,8,11-12H,2-5H2,1H3/t8-/m1/s1. The molecule has 1 aliphatic rings. The molecule has 0 amide bonds. The number of aryl methyl sites for hydroxylation is 2. The molecule has 0 unspecified atom stereocenters. The Hall–Kier alpha value is -0.380. The second kappa shape index (κ2) is 3.78. The fourth-order valence-electron chi connectivity index (χ4n) is 1.98. The number of fused-ring (bicyclic) bond motifs is 1. The first-order valence-corrected chi connectivity index (χ1v) is 5.70. The van der Waals surface area contributed by atoms with E-state index in [4.69, 9.17) is 5.21 Å². The number of rotatable bonds is 2. The largest absolute Gasteiger partial charge is 0.317 e. The zero-order valence-corrected chi connectivity index (χ0v) is 8.66. The van der Waals surface area contributed by atoms with E-state index in [0.717, 1.165) is 25.7 Å². The first-order valence-electron chi connectivity index (χ1n) is 4.83. The Balaban J connectivity index is 2.25. The van der Waals surface area contributed by atoms with Gasteiger partial charge in [-0.05, 0) is 42.2 Å². The van der Waals surface area contributed by atoms with Crippen molar-refractivity contribution >= 4 is 11.3 Å². The summed E-state index contributed by atoms with van der Waals surface area (Å²) in [7, 11) is 0. The van der Waals surface area contributed by atoms with Gasteiger partial charge in [0.1, 0.15) is 0 Å². The average Bonchev–Trinajstić information content (AvgIpc) is 2.59. The van der Waals surface area contributed by atoms with Gasteiger partial charge in [-0.25, -0.2) is 5.48 Å². The molecule has 1 aliphatic carbocycles. The first kappa shape index (κ1) is 9.19. The molecule has 0 spiro atoms. The van der Waals surface area contributed by atoms with E-state index in [1.165, 1.54) is 16.0 Å². The van der Waals surface area contributed by atoms with Crippen LogP contribution in [0.3, 0.4) is 0 Å². The number of hydrogen-bond acceptors (Lipinski definition) is 3. The highest BCUT2D eigenvalue weighted by molar-refractivity contribution is 7.10. The zero-order chi connectivity index (χ0) is 9.26. The topological polar surface area (TPSA) is 32.3 Å². The van der Waals surface area contributed by atoms with Crippen molar-refractivity contribution < 1.29 is 5.21 Å². The van der Waals surface area contributed by atoms with Gasteiger partial charge in [-0.15, -0.1) is 11.3 Å². The van der Waals surface area contributed by atoms with Crippen molar-refractivity contribution in [2.45, 2.75) is 38.6 Å². The minimum atomic E-state index is 0.271. The Morgan fingerprint density at radius 2 is 2.54 bits per heavy atom. The van der Waals surface area contributed by atoms with Gasteiger partial charge >= 0.3 is 0 Å². The van der Waals surface area contributed by atoms with Crippen molar-refractivity contribution in [3.63, 3.8) is 0 Å². The Morgan fingerprint density at radius 1 is 1.69 bits per heavy atom. The van der Waals surface area contributed by atoms with Gasteiger partial charge in [0, 0.05) is 10.9 Å². The summed E-state index contributed by atoms with van der Waals surface area (Å²) in [5.41, 5.74) is 5.35. The van der Waals surface area contributed by atoms with E-state index in [0.29, 0.717) is 0 Å². The fourth-order valence-corrected chi connectivity index (χ4v) is 3.16. The monoisotopic (exact) mass is 197 g/mol. The fraction of sp³-hybridized carbons (Fsp3) is 0.600. The van der Waals surface area contributed by atoms with Crippen molar-refractivity contribution in [3.05, 3.63) is 21.4 Å². The molecule has 0 aliphatic heterocycles. The smallest absolute Gasteiger partial charge is 0.0364 e. The van der Waals surface area contributed by atoms with Gasteiger partial charge in [-0.2, -0.15) is 0 Å². The molecule has 0 saturated heterocycles. The Morgan fingerprint density at radius 3 is 3.23 bits per heavy atom. The molecule has 0 bridgehead atoms. The number of thiophene rings is 1. The third-order valence-corrected chi connectivity index (χ3v) is 3.94. The van der Waals surface area contributed by atoms with Gasteiger partial charge in [0.15, 0.2) is 0 Å². The molecule has 1 heterocycles. The van der Waals surface area contributed by atoms with Crippen LogP contribution in [-0.2, 0) is 19.3 Å². The molecule has 1 atom stereocenters. The molecule has 0 saturated carbocycles. The second-order valence-corrected chi connectivity index (χ2v) is 4.55. The van der Waals surface area contributed by atoms with Gasteiger partial charge in [-0.1, -0.05) is 6.92 Å². The molecule has 0 aromatic carbocycles. The summed E-state index contributed by atoms with van der Waals surface area (Å²) in [6, 6.07) is 0.271. The molecular formula is C10H15NOS. The van der Waals surface area contributed by atoms with E-state index in [-0.39, 0.29) is 6.04 Å². The highest BCUT2D eigenvalue weighted by atomic mass is 32.1. The van der Waals surface area contributed by atoms with Crippen LogP contribution in [0.2, 0.25) is 0 Å². The van der Waals surface area contributed by atoms with E-state index in [1.807, 2.05) is 11.3 Å². The van der Waals surface area contributed by atoms with Crippen molar-refractivity contribution in [3.8, 4) is 0 Å². The van der Waals surface area contributed by atoms with E-state index in [9.17, 15) is 0 Å². The maximum atomic E-state index is 8.87. The summed E-state index contributed by atoms with van der Waals surface area (Å²) in [6.07, 6.45) is 4.30. The van der Waals surface area contributed by atoms with Crippen LogP contribution in [-0.4, -0.2) is 11.2 Å². The highest BCUT2D eigenvalue weighted by Gasteiger charge is 2.21. The summed E-state index contributed by atoms with van der Waals surface area (Å²) < 4.78 is 0. The lowest BCUT2D eigenvalue weighted by Gasteiger charge is -2.21. The maximum Gasteiger partial charge on any atom is 0.0364 e. The van der Waals surface area contributed by atoms with Gasteiger partial charge in [-0.3, -0.25) is 0 Å². The minimum absolute atomic E-state index is 0.271. The van der Waals surface area contributed by atoms with E-state index in [2.05, 4.69) is 17.8 Å². The van der Waals surface area contributed by atoms with Gasteiger partial charge in [0.25, 0.3) is 0 Å². The van der Waals surface area contributed by atoms with Crippen LogP contribution in [0.5, 0.6) is 0 Å². The minimum Gasteiger partial charge on any atom is -0.317 e. The normalized spacial score (nSPS) is 21.5. The van der Waals surface area contributed by atoms with E-state index >= 15 is 0 Å². The molecule has 13 heavy (non-hydrogen) atoms. The van der Waals surface area contributed by atoms with E-state index < -0.39 is 0 Å². The van der Waals surface area contributed by atoms with Crippen molar-refractivity contribution in [2.24, 2.45) is 0 Å². The summed E-state index contributed by atoms with van der Waals surface area (Å²) in [6.45, 7) is 2.19. The molecule has 0 radical (unpaired) electrons. The second-order valence-electron chi connectivity index (χ2n) is 3.59. The molecule has 3 heteroatoms. The van der Waals surface area contributed by atoms with Crippen LogP contribution in [0.15, 0.2) is 5.38 Å². The Kier molecular flexibility index (Phi) is 2.67. The van der Waals surface area contributed by atoms with Crippen molar-refractivity contribution in [1.29, 1.82) is 0 Å². The quantitative estimate of drug-likeness (QED) is 0.712. The molecule has 1 aromatic heterocycles. The van der Waals surface area contributed by atoms with Crippen LogP contribution in [0.1, 0.15) is 29.3 Å². The average molecular weight is 197 g/mol. The SMILES string of the molecule is CCc1csc2c1C[C@H](NO)CC2. The molecule has 2 N–H and O–H groups in total. The molecule has 1 aromatic rings. The lowest BCUT2D eigenvalue weighted by atomic mass is 9.91. The van der Waals surface area contributed by atoms with Crippen LogP contribution in [0.25, 0.3) is 0 Å². The third kappa shape index (κ3) is 1.64. The molecule has 72 valence electrons. The first-order chi connectivity index (χ1) is 6.35. The van der Waals surface area contributed by atoms with Crippen LogP contribution in [0, 0.1) is 0 Å². The molecular weight excluding hydrogens is 182 g/mol. The third-order valence-electron chi connectivity index (χ3n) is 2.80. The predicted molar refractivity (Wildman–Crippen MR) is 54.4 cm³/mol. The molecule has 0 fully saturated rings. The van der Waals surface area contributed by atoms with Gasteiger partial charge < -0.3 is 5.21 Å². The highest BCUT2D eigenvalue weighted by Crippen LogP contribution is 2.30. The van der Waals surface area contributed by atoms with Crippen LogP contribution >= 0.6 is 11.3 Å². The van der Waals surface area contributed by atoms with Crippen LogP contribution < -0.4 is 5.48 Å². The lowest BCUT2D eigenvalue weighted by Crippen LogP contribution is -2.31. The lowest BCUT2D eigenvalue weighted by molar-refractivity contribution is 0.119. The summed E-state index contributed by atoms with van der Waals surface area (Å²) in [5, 5.41) is 11.1. The summed E-state index contributed by atoms with van der Waals surface area (Å²) in [5.74, 6) is 0. The van der Waals surface area contributed by atoms with Gasteiger partial charge in [0.05, 0.1) is 0 Å². The summed E-state index contributed by atoms with van der Waals surface area (Å²) >= 11 is 1.88.